The van der Waals surface area contributed by atoms with Crippen molar-refractivity contribution in [2.24, 2.45) is 0 Å². The van der Waals surface area contributed by atoms with Crippen LogP contribution in [-0.2, 0) is 6.42 Å². The van der Waals surface area contributed by atoms with Crippen LogP contribution in [0.3, 0.4) is 0 Å². The molecule has 1 aromatic rings. The molecule has 0 aromatic heterocycles. The van der Waals surface area contributed by atoms with Crippen LogP contribution in [0.1, 0.15) is 50.7 Å². The van der Waals surface area contributed by atoms with Gasteiger partial charge < -0.3 is 9.84 Å². The van der Waals surface area contributed by atoms with Gasteiger partial charge in [-0.05, 0) is 42.4 Å². The quantitative estimate of drug-likeness (QED) is 0.873. The second-order valence-electron chi connectivity index (χ2n) is 6.30. The zero-order valence-corrected chi connectivity index (χ0v) is 13.6. The van der Waals surface area contributed by atoms with E-state index in [0.717, 1.165) is 51.3 Å². The normalized spacial score (nSPS) is 17.4. The standard InChI is InChI=1S/C18H29NO2/c1-4-15-13-16(14(2)3)5-6-18(15)21-12-11-19-9-7-17(20)8-10-19/h5-6,13-14,17,20H,4,7-12H2,1-3H3. The SMILES string of the molecule is CCc1cc(C(C)C)ccc1OCCN1CCC(O)CC1. The second kappa shape index (κ2) is 7.81. The van der Waals surface area contributed by atoms with Crippen LogP contribution in [0.2, 0.25) is 0 Å². The molecule has 1 aliphatic heterocycles. The van der Waals surface area contributed by atoms with Crippen LogP contribution in [0.25, 0.3) is 0 Å². The van der Waals surface area contributed by atoms with E-state index in [1.807, 2.05) is 0 Å². The minimum atomic E-state index is -0.0996. The number of nitrogens with zero attached hydrogens (tertiary/aromatic N) is 1. The number of piperidine rings is 1. The molecule has 1 fully saturated rings. The fourth-order valence-electron chi connectivity index (χ4n) is 2.80. The van der Waals surface area contributed by atoms with E-state index in [0.29, 0.717) is 5.92 Å². The molecule has 118 valence electrons. The molecule has 0 radical (unpaired) electrons. The maximum atomic E-state index is 9.51. The van der Waals surface area contributed by atoms with Crippen LogP contribution < -0.4 is 4.74 Å². The summed E-state index contributed by atoms with van der Waals surface area (Å²) in [4.78, 5) is 2.38. The van der Waals surface area contributed by atoms with E-state index < -0.39 is 0 Å². The van der Waals surface area contributed by atoms with Crippen molar-refractivity contribution in [1.29, 1.82) is 0 Å². The Morgan fingerprint density at radius 1 is 1.29 bits per heavy atom. The van der Waals surface area contributed by atoms with E-state index in [-0.39, 0.29) is 6.10 Å². The molecule has 1 aliphatic rings. The maximum Gasteiger partial charge on any atom is 0.122 e. The number of hydrogen-bond donors (Lipinski definition) is 1. The van der Waals surface area contributed by atoms with Gasteiger partial charge in [0.1, 0.15) is 12.4 Å². The predicted molar refractivity (Wildman–Crippen MR) is 87.1 cm³/mol. The number of benzene rings is 1. The van der Waals surface area contributed by atoms with Crippen LogP contribution in [-0.4, -0.2) is 42.4 Å². The van der Waals surface area contributed by atoms with Crippen molar-refractivity contribution in [2.75, 3.05) is 26.2 Å². The van der Waals surface area contributed by atoms with E-state index in [2.05, 4.69) is 43.9 Å². The molecular weight excluding hydrogens is 262 g/mol. The van der Waals surface area contributed by atoms with Crippen molar-refractivity contribution in [1.82, 2.24) is 4.90 Å². The Hall–Kier alpha value is -1.06. The average molecular weight is 291 g/mol. The first kappa shape index (κ1) is 16.3. The topological polar surface area (TPSA) is 32.7 Å². The molecule has 0 bridgehead atoms. The van der Waals surface area contributed by atoms with Crippen molar-refractivity contribution in [2.45, 2.75) is 52.1 Å². The number of aliphatic hydroxyl groups excluding tert-OH is 1. The summed E-state index contributed by atoms with van der Waals surface area (Å²) in [7, 11) is 0. The van der Waals surface area contributed by atoms with Crippen molar-refractivity contribution in [3.05, 3.63) is 29.3 Å². The van der Waals surface area contributed by atoms with Crippen LogP contribution in [0, 0.1) is 0 Å². The predicted octanol–water partition coefficient (Wildman–Crippen LogP) is 3.21. The van der Waals surface area contributed by atoms with Gasteiger partial charge in [0.2, 0.25) is 0 Å². The molecule has 0 atom stereocenters. The number of hydrogen-bond acceptors (Lipinski definition) is 3. The van der Waals surface area contributed by atoms with E-state index >= 15 is 0 Å². The zero-order valence-electron chi connectivity index (χ0n) is 13.6. The molecule has 21 heavy (non-hydrogen) atoms. The van der Waals surface area contributed by atoms with Crippen LogP contribution >= 0.6 is 0 Å². The first-order valence-corrected chi connectivity index (χ1v) is 8.26. The third-order valence-electron chi connectivity index (χ3n) is 4.35. The number of aryl methyl sites for hydroxylation is 1. The lowest BCUT2D eigenvalue weighted by atomic mass is 9.99. The van der Waals surface area contributed by atoms with Crippen molar-refractivity contribution >= 4 is 0 Å². The van der Waals surface area contributed by atoms with E-state index in [4.69, 9.17) is 4.74 Å². The molecular formula is C18H29NO2. The molecule has 0 unspecified atom stereocenters. The minimum Gasteiger partial charge on any atom is -0.492 e. The molecule has 1 N–H and O–H groups in total. The Morgan fingerprint density at radius 3 is 2.62 bits per heavy atom. The first-order chi connectivity index (χ1) is 10.1. The van der Waals surface area contributed by atoms with Gasteiger partial charge in [-0.3, -0.25) is 4.90 Å². The largest absolute Gasteiger partial charge is 0.492 e. The summed E-state index contributed by atoms with van der Waals surface area (Å²) in [5.74, 6) is 1.59. The van der Waals surface area contributed by atoms with Gasteiger partial charge in [0, 0.05) is 19.6 Å². The zero-order chi connectivity index (χ0) is 15.2. The Labute approximate surface area is 128 Å². The highest BCUT2D eigenvalue weighted by Crippen LogP contribution is 2.25. The molecule has 1 heterocycles. The summed E-state index contributed by atoms with van der Waals surface area (Å²) in [6, 6.07) is 6.57. The summed E-state index contributed by atoms with van der Waals surface area (Å²) < 4.78 is 5.99. The Morgan fingerprint density at radius 2 is 2.00 bits per heavy atom. The summed E-state index contributed by atoms with van der Waals surface area (Å²) in [5.41, 5.74) is 2.68. The number of aliphatic hydroxyl groups is 1. The van der Waals surface area contributed by atoms with Gasteiger partial charge in [0.05, 0.1) is 6.10 Å². The summed E-state index contributed by atoms with van der Waals surface area (Å²) in [6.45, 7) is 10.3. The van der Waals surface area contributed by atoms with Gasteiger partial charge in [-0.1, -0.05) is 32.9 Å². The smallest absolute Gasteiger partial charge is 0.122 e. The Balaban J connectivity index is 1.85. The van der Waals surface area contributed by atoms with E-state index in [1.165, 1.54) is 11.1 Å². The van der Waals surface area contributed by atoms with Crippen LogP contribution in [0.4, 0.5) is 0 Å². The molecule has 0 aliphatic carbocycles. The van der Waals surface area contributed by atoms with E-state index in [9.17, 15) is 5.11 Å². The molecule has 2 rings (SSSR count). The fraction of sp³-hybridized carbons (Fsp3) is 0.667. The lowest BCUT2D eigenvalue weighted by Gasteiger charge is -2.29. The molecule has 0 spiro atoms. The molecule has 0 amide bonds. The Bertz CT molecular complexity index is 437. The number of rotatable bonds is 6. The number of ether oxygens (including phenoxy) is 1. The van der Waals surface area contributed by atoms with E-state index in [1.54, 1.807) is 0 Å². The summed E-state index contributed by atoms with van der Waals surface area (Å²) >= 11 is 0. The molecule has 1 saturated heterocycles. The highest BCUT2D eigenvalue weighted by molar-refractivity contribution is 5.38. The van der Waals surface area contributed by atoms with Crippen molar-refractivity contribution in [3.63, 3.8) is 0 Å². The molecule has 0 saturated carbocycles. The fourth-order valence-corrected chi connectivity index (χ4v) is 2.80. The molecule has 3 nitrogen and oxygen atoms in total. The highest BCUT2D eigenvalue weighted by Gasteiger charge is 2.16. The minimum absolute atomic E-state index is 0.0996. The van der Waals surface area contributed by atoms with Crippen molar-refractivity contribution < 1.29 is 9.84 Å². The lowest BCUT2D eigenvalue weighted by Crippen LogP contribution is -2.38. The van der Waals surface area contributed by atoms with Gasteiger partial charge in [-0.25, -0.2) is 0 Å². The van der Waals surface area contributed by atoms with Crippen LogP contribution in [0.15, 0.2) is 18.2 Å². The number of likely N-dealkylation sites (tertiary alicyclic amines) is 1. The summed E-state index contributed by atoms with van der Waals surface area (Å²) in [6.07, 6.45) is 2.69. The Kier molecular flexibility index (Phi) is 6.07. The monoisotopic (exact) mass is 291 g/mol. The van der Waals surface area contributed by atoms with Crippen molar-refractivity contribution in [3.8, 4) is 5.75 Å². The third-order valence-corrected chi connectivity index (χ3v) is 4.35. The van der Waals surface area contributed by atoms with Gasteiger partial charge >= 0.3 is 0 Å². The second-order valence-corrected chi connectivity index (χ2v) is 6.30. The average Bonchev–Trinajstić information content (AvgIpc) is 2.49. The molecule has 1 aromatic carbocycles. The van der Waals surface area contributed by atoms with Gasteiger partial charge in [0.15, 0.2) is 0 Å². The van der Waals surface area contributed by atoms with Gasteiger partial charge in [0.25, 0.3) is 0 Å². The van der Waals surface area contributed by atoms with Gasteiger partial charge in [-0.2, -0.15) is 0 Å². The third kappa shape index (κ3) is 4.72. The van der Waals surface area contributed by atoms with Gasteiger partial charge in [-0.15, -0.1) is 0 Å². The lowest BCUT2D eigenvalue weighted by molar-refractivity contribution is 0.0754. The first-order valence-electron chi connectivity index (χ1n) is 8.26. The van der Waals surface area contributed by atoms with Crippen LogP contribution in [0.5, 0.6) is 5.75 Å². The highest BCUT2D eigenvalue weighted by atomic mass is 16.5. The maximum absolute atomic E-state index is 9.51. The summed E-state index contributed by atoms with van der Waals surface area (Å²) in [5, 5.41) is 9.51. The molecule has 3 heteroatoms.